The molecule has 160 valence electrons. The van der Waals surface area contributed by atoms with Gasteiger partial charge in [0.2, 0.25) is 0 Å². The minimum absolute atomic E-state index is 0.153. The van der Waals surface area contributed by atoms with E-state index in [2.05, 4.69) is 15.9 Å². The van der Waals surface area contributed by atoms with Crippen LogP contribution in [0.3, 0.4) is 0 Å². The molecule has 0 fully saturated rings. The topological polar surface area (TPSA) is 53.0 Å². The Morgan fingerprint density at radius 3 is 2.35 bits per heavy atom. The lowest BCUT2D eigenvalue weighted by atomic mass is 10.0. The first-order valence-electron chi connectivity index (χ1n) is 9.51. The molecule has 8 heteroatoms. The molecule has 0 radical (unpaired) electrons. The van der Waals surface area contributed by atoms with Crippen LogP contribution in [0.1, 0.15) is 16.7 Å². The first kappa shape index (κ1) is 22.0. The van der Waals surface area contributed by atoms with Gasteiger partial charge in [0.1, 0.15) is 5.75 Å². The molecule has 1 N–H and O–H groups in total. The Balaban J connectivity index is 1.82. The van der Waals surface area contributed by atoms with Gasteiger partial charge in [-0.05, 0) is 47.5 Å². The predicted octanol–water partition coefficient (Wildman–Crippen LogP) is 6.53. The Hall–Kier alpha value is -2.25. The Kier molecular flexibility index (Phi) is 6.44. The molecule has 0 saturated heterocycles. The Morgan fingerprint density at radius 2 is 1.74 bits per heavy atom. The molecule has 3 aromatic rings. The van der Waals surface area contributed by atoms with Crippen molar-refractivity contribution in [1.82, 2.24) is 4.90 Å². The molecule has 2 amide bonds. The maximum atomic E-state index is 13.7. The highest BCUT2D eigenvalue weighted by atomic mass is 79.9. The highest BCUT2D eigenvalue weighted by Crippen LogP contribution is 2.44. The summed E-state index contributed by atoms with van der Waals surface area (Å²) in [6, 6.07) is 16.1. The maximum absolute atomic E-state index is 13.7. The van der Waals surface area contributed by atoms with E-state index in [1.54, 1.807) is 36.3 Å². The summed E-state index contributed by atoms with van der Waals surface area (Å²) >= 11 is 16.6. The van der Waals surface area contributed by atoms with Gasteiger partial charge in [-0.15, -0.1) is 0 Å². The summed E-state index contributed by atoms with van der Waals surface area (Å²) in [6.45, 7) is 0.639. The normalized spacial score (nSPS) is 13.4. The Labute approximate surface area is 198 Å². The number of aliphatic hydroxyl groups excluding tert-OH is 1. The van der Waals surface area contributed by atoms with Crippen LogP contribution < -0.4 is 9.64 Å². The number of hydrogen-bond acceptors (Lipinski definition) is 3. The Morgan fingerprint density at radius 1 is 1.06 bits per heavy atom. The fraction of sp³-hybridized carbons (Fsp3) is 0.174. The number of ether oxygens (including phenoxy) is 1. The maximum Gasteiger partial charge on any atom is 0.329 e. The van der Waals surface area contributed by atoms with Crippen molar-refractivity contribution < 1.29 is 14.6 Å². The zero-order valence-electron chi connectivity index (χ0n) is 16.6. The van der Waals surface area contributed by atoms with E-state index in [0.717, 1.165) is 21.3 Å². The fourth-order valence-corrected chi connectivity index (χ4v) is 4.81. The molecule has 0 saturated carbocycles. The van der Waals surface area contributed by atoms with E-state index in [1.807, 2.05) is 30.3 Å². The number of fused-ring (bicyclic) bond motifs is 1. The monoisotopic (exact) mass is 520 g/mol. The molecular formula is C23H19BrCl2N2O3. The van der Waals surface area contributed by atoms with Crippen LogP contribution in [0.2, 0.25) is 10.0 Å². The number of halogens is 3. The van der Waals surface area contributed by atoms with Crippen molar-refractivity contribution in [2.75, 3.05) is 12.0 Å². The van der Waals surface area contributed by atoms with Crippen molar-refractivity contribution in [3.8, 4) is 5.75 Å². The highest BCUT2D eigenvalue weighted by molar-refractivity contribution is 9.10. The van der Waals surface area contributed by atoms with E-state index in [9.17, 15) is 9.90 Å². The number of anilines is 2. The summed E-state index contributed by atoms with van der Waals surface area (Å²) in [7, 11) is 1.61. The van der Waals surface area contributed by atoms with E-state index < -0.39 is 0 Å². The van der Waals surface area contributed by atoms with Gasteiger partial charge in [0.25, 0.3) is 0 Å². The smallest absolute Gasteiger partial charge is 0.329 e. The van der Waals surface area contributed by atoms with E-state index in [-0.39, 0.29) is 12.6 Å². The van der Waals surface area contributed by atoms with Gasteiger partial charge in [-0.1, -0.05) is 57.3 Å². The van der Waals surface area contributed by atoms with Crippen LogP contribution in [0, 0.1) is 0 Å². The van der Waals surface area contributed by atoms with Gasteiger partial charge in [-0.3, -0.25) is 4.90 Å². The summed E-state index contributed by atoms with van der Waals surface area (Å²) in [5.74, 6) is 0.753. The molecule has 3 aromatic carbocycles. The number of hydrogen-bond donors (Lipinski definition) is 1. The van der Waals surface area contributed by atoms with Crippen molar-refractivity contribution in [2.45, 2.75) is 19.7 Å². The number of rotatable bonds is 5. The first-order chi connectivity index (χ1) is 14.9. The number of benzene rings is 3. The molecule has 31 heavy (non-hydrogen) atoms. The summed E-state index contributed by atoms with van der Waals surface area (Å²) < 4.78 is 6.02. The van der Waals surface area contributed by atoms with Crippen LogP contribution in [0.4, 0.5) is 16.2 Å². The van der Waals surface area contributed by atoms with E-state index in [1.165, 1.54) is 4.90 Å². The van der Waals surface area contributed by atoms with E-state index in [0.29, 0.717) is 40.1 Å². The average Bonchev–Trinajstić information content (AvgIpc) is 2.76. The molecule has 1 aliphatic heterocycles. The molecule has 4 rings (SSSR count). The van der Waals surface area contributed by atoms with Crippen molar-refractivity contribution in [3.63, 3.8) is 0 Å². The van der Waals surface area contributed by atoms with Gasteiger partial charge in [0, 0.05) is 16.6 Å². The zero-order valence-corrected chi connectivity index (χ0v) is 19.7. The number of aliphatic hydroxyl groups is 1. The van der Waals surface area contributed by atoms with Gasteiger partial charge in [-0.25, -0.2) is 4.79 Å². The molecule has 0 unspecified atom stereocenters. The van der Waals surface area contributed by atoms with E-state index in [4.69, 9.17) is 27.9 Å². The largest absolute Gasteiger partial charge is 0.497 e. The third-order valence-corrected chi connectivity index (χ3v) is 6.48. The second kappa shape index (κ2) is 9.09. The number of amides is 2. The average molecular weight is 522 g/mol. The second-order valence-electron chi connectivity index (χ2n) is 7.13. The van der Waals surface area contributed by atoms with Gasteiger partial charge >= 0.3 is 6.03 Å². The van der Waals surface area contributed by atoms with Crippen LogP contribution in [-0.2, 0) is 19.7 Å². The quantitative estimate of drug-likeness (QED) is 0.415. The number of carbonyl (C=O) groups is 1. The molecule has 1 heterocycles. The van der Waals surface area contributed by atoms with Crippen molar-refractivity contribution in [1.29, 1.82) is 0 Å². The third kappa shape index (κ3) is 4.26. The number of para-hydroxylation sites is 1. The van der Waals surface area contributed by atoms with Crippen LogP contribution in [0.25, 0.3) is 0 Å². The molecule has 1 aliphatic rings. The first-order valence-corrected chi connectivity index (χ1v) is 11.1. The lowest BCUT2D eigenvalue weighted by Crippen LogP contribution is -2.44. The summed E-state index contributed by atoms with van der Waals surface area (Å²) in [4.78, 5) is 16.9. The van der Waals surface area contributed by atoms with Crippen LogP contribution in [-0.4, -0.2) is 23.1 Å². The number of methoxy groups -OCH3 is 1. The molecule has 0 aromatic heterocycles. The van der Waals surface area contributed by atoms with Crippen molar-refractivity contribution in [2.24, 2.45) is 0 Å². The molecule has 0 aliphatic carbocycles. The molecule has 5 nitrogen and oxygen atoms in total. The molecule has 0 atom stereocenters. The van der Waals surface area contributed by atoms with Gasteiger partial charge in [-0.2, -0.15) is 0 Å². The molecular weight excluding hydrogens is 503 g/mol. The predicted molar refractivity (Wildman–Crippen MR) is 126 cm³/mol. The van der Waals surface area contributed by atoms with Gasteiger partial charge in [0.05, 0.1) is 41.7 Å². The van der Waals surface area contributed by atoms with Crippen LogP contribution in [0.15, 0.2) is 59.1 Å². The van der Waals surface area contributed by atoms with Crippen molar-refractivity contribution in [3.05, 3.63) is 85.8 Å². The summed E-state index contributed by atoms with van der Waals surface area (Å²) in [6.07, 6.45) is 0. The fourth-order valence-electron chi connectivity index (χ4n) is 3.62. The van der Waals surface area contributed by atoms with Crippen LogP contribution >= 0.6 is 39.1 Å². The highest BCUT2D eigenvalue weighted by Gasteiger charge is 2.35. The second-order valence-corrected chi connectivity index (χ2v) is 8.79. The Bertz CT molecular complexity index is 1120. The zero-order chi connectivity index (χ0) is 22.1. The third-order valence-electron chi connectivity index (χ3n) is 5.16. The number of carbonyl (C=O) groups excluding carboxylic acids is 1. The summed E-state index contributed by atoms with van der Waals surface area (Å²) in [5, 5.41) is 10.4. The van der Waals surface area contributed by atoms with Crippen molar-refractivity contribution >= 4 is 56.5 Å². The molecule has 0 spiro atoms. The standard InChI is InChI=1S/C23H19BrCl2N2O3/c1-31-16-7-5-14(6-8-16)11-27-12-17-18(24)9-15(13-29)10-21(17)28(23(27)30)22-19(25)3-2-4-20(22)26/h2-10,29H,11-13H2,1H3. The van der Waals surface area contributed by atoms with Crippen LogP contribution in [0.5, 0.6) is 5.75 Å². The minimum atomic E-state index is -0.250. The lowest BCUT2D eigenvalue weighted by molar-refractivity contribution is 0.198. The SMILES string of the molecule is COc1ccc(CN2Cc3c(Br)cc(CO)cc3N(c3c(Cl)cccc3Cl)C2=O)cc1. The number of nitrogens with zero attached hydrogens (tertiary/aromatic N) is 2. The van der Waals surface area contributed by atoms with E-state index >= 15 is 0 Å². The lowest BCUT2D eigenvalue weighted by Gasteiger charge is -2.38. The van der Waals surface area contributed by atoms with Gasteiger partial charge < -0.3 is 14.7 Å². The number of urea groups is 1. The summed E-state index contributed by atoms with van der Waals surface area (Å²) in [5.41, 5.74) is 3.60. The van der Waals surface area contributed by atoms with Gasteiger partial charge in [0.15, 0.2) is 0 Å². The molecule has 0 bridgehead atoms. The minimum Gasteiger partial charge on any atom is -0.497 e.